The number of anilines is 2. The number of nitrogens with zero attached hydrogens (tertiary/aromatic N) is 2. The highest BCUT2D eigenvalue weighted by molar-refractivity contribution is 9.10. The van der Waals surface area contributed by atoms with E-state index in [2.05, 4.69) is 26.2 Å². The molecule has 0 fully saturated rings. The van der Waals surface area contributed by atoms with Gasteiger partial charge in [0, 0.05) is 6.20 Å². The Morgan fingerprint density at radius 3 is 2.95 bits per heavy atom. The summed E-state index contributed by atoms with van der Waals surface area (Å²) in [5, 5.41) is 2.47. The van der Waals surface area contributed by atoms with Crippen molar-refractivity contribution in [3.63, 3.8) is 0 Å². The SMILES string of the molecule is Cc1ncc(Br)c(=O)n1CC(=O)Nc1cc(F)ccc1N. The summed E-state index contributed by atoms with van der Waals surface area (Å²) < 4.78 is 14.6. The van der Waals surface area contributed by atoms with Gasteiger partial charge in [0.15, 0.2) is 0 Å². The maximum absolute atomic E-state index is 13.1. The summed E-state index contributed by atoms with van der Waals surface area (Å²) >= 11 is 3.06. The van der Waals surface area contributed by atoms with E-state index in [1.54, 1.807) is 6.92 Å². The minimum absolute atomic E-state index is 0.161. The Bertz CT molecular complexity index is 760. The van der Waals surface area contributed by atoms with Crippen LogP contribution in [0.5, 0.6) is 0 Å². The van der Waals surface area contributed by atoms with Crippen LogP contribution in [0.25, 0.3) is 0 Å². The third-order valence-corrected chi connectivity index (χ3v) is 3.34. The molecule has 1 heterocycles. The number of benzene rings is 1. The van der Waals surface area contributed by atoms with Crippen LogP contribution in [0.3, 0.4) is 0 Å². The largest absolute Gasteiger partial charge is 0.397 e. The molecule has 0 atom stereocenters. The van der Waals surface area contributed by atoms with Crippen molar-refractivity contribution >= 4 is 33.2 Å². The van der Waals surface area contributed by atoms with E-state index in [9.17, 15) is 14.0 Å². The fraction of sp³-hybridized carbons (Fsp3) is 0.154. The predicted octanol–water partition coefficient (Wildman–Crippen LogP) is 1.67. The molecule has 0 aliphatic rings. The second-order valence-corrected chi connectivity index (χ2v) is 5.18. The zero-order valence-corrected chi connectivity index (χ0v) is 12.6. The third kappa shape index (κ3) is 3.46. The van der Waals surface area contributed by atoms with E-state index in [1.165, 1.54) is 22.9 Å². The minimum atomic E-state index is -0.517. The van der Waals surface area contributed by atoms with Crippen molar-refractivity contribution in [1.29, 1.82) is 0 Å². The van der Waals surface area contributed by atoms with Gasteiger partial charge in [-0.15, -0.1) is 0 Å². The number of amides is 1. The highest BCUT2D eigenvalue weighted by atomic mass is 79.9. The zero-order valence-electron chi connectivity index (χ0n) is 11.1. The molecule has 3 N–H and O–H groups in total. The molecule has 1 aromatic heterocycles. The molecule has 110 valence electrons. The smallest absolute Gasteiger partial charge is 0.268 e. The molecular formula is C13H12BrFN4O2. The van der Waals surface area contributed by atoms with E-state index in [0.717, 1.165) is 6.07 Å². The molecule has 0 aliphatic heterocycles. The molecule has 0 radical (unpaired) electrons. The van der Waals surface area contributed by atoms with Gasteiger partial charge in [-0.1, -0.05) is 0 Å². The van der Waals surface area contributed by atoms with Gasteiger partial charge in [0.1, 0.15) is 22.7 Å². The molecule has 8 heteroatoms. The van der Waals surface area contributed by atoms with Crippen LogP contribution in [0.1, 0.15) is 5.82 Å². The van der Waals surface area contributed by atoms with Crippen LogP contribution in [-0.2, 0) is 11.3 Å². The van der Waals surface area contributed by atoms with Crippen LogP contribution >= 0.6 is 15.9 Å². The summed E-state index contributed by atoms with van der Waals surface area (Å²) in [6.07, 6.45) is 1.37. The monoisotopic (exact) mass is 354 g/mol. The standard InChI is InChI=1S/C13H12BrFN4O2/c1-7-17-5-9(14)13(21)19(7)6-12(20)18-11-4-8(15)2-3-10(11)16/h2-5H,6,16H2,1H3,(H,18,20). The number of nitrogens with two attached hydrogens (primary N) is 1. The summed E-state index contributed by atoms with van der Waals surface area (Å²) in [6.45, 7) is 1.37. The predicted molar refractivity (Wildman–Crippen MR) is 80.4 cm³/mol. The molecule has 2 aromatic rings. The first kappa shape index (κ1) is 15.2. The van der Waals surface area contributed by atoms with E-state index >= 15 is 0 Å². The van der Waals surface area contributed by atoms with E-state index in [0.29, 0.717) is 5.82 Å². The number of halogens is 2. The maximum atomic E-state index is 13.1. The molecule has 0 saturated heterocycles. The maximum Gasteiger partial charge on any atom is 0.268 e. The topological polar surface area (TPSA) is 90.0 Å². The second-order valence-electron chi connectivity index (χ2n) is 4.32. The van der Waals surface area contributed by atoms with Crippen LogP contribution in [0.4, 0.5) is 15.8 Å². The van der Waals surface area contributed by atoms with Crippen molar-refractivity contribution < 1.29 is 9.18 Å². The Morgan fingerprint density at radius 2 is 2.24 bits per heavy atom. The van der Waals surface area contributed by atoms with Gasteiger partial charge in [-0.3, -0.25) is 14.2 Å². The fourth-order valence-corrected chi connectivity index (χ4v) is 2.02. The van der Waals surface area contributed by atoms with Crippen LogP contribution in [-0.4, -0.2) is 15.5 Å². The number of hydrogen-bond acceptors (Lipinski definition) is 4. The molecule has 0 unspecified atom stereocenters. The molecule has 1 aromatic carbocycles. The van der Waals surface area contributed by atoms with Crippen molar-refractivity contribution in [2.75, 3.05) is 11.1 Å². The molecular weight excluding hydrogens is 343 g/mol. The average Bonchev–Trinajstić information content (AvgIpc) is 2.43. The average molecular weight is 355 g/mol. The fourth-order valence-electron chi connectivity index (χ4n) is 1.71. The minimum Gasteiger partial charge on any atom is -0.397 e. The van der Waals surface area contributed by atoms with Crippen LogP contribution < -0.4 is 16.6 Å². The van der Waals surface area contributed by atoms with Crippen LogP contribution in [0.2, 0.25) is 0 Å². The Balaban J connectivity index is 2.22. The zero-order chi connectivity index (χ0) is 15.6. The molecule has 0 saturated carbocycles. The number of carbonyl (C=O) groups excluding carboxylic acids is 1. The molecule has 1 amide bonds. The first-order chi connectivity index (χ1) is 9.88. The quantitative estimate of drug-likeness (QED) is 0.820. The summed E-state index contributed by atoms with van der Waals surface area (Å²) in [7, 11) is 0. The molecule has 0 bridgehead atoms. The lowest BCUT2D eigenvalue weighted by atomic mass is 10.2. The molecule has 21 heavy (non-hydrogen) atoms. The summed E-state index contributed by atoms with van der Waals surface area (Å²) in [4.78, 5) is 27.9. The summed E-state index contributed by atoms with van der Waals surface area (Å²) in [6, 6.07) is 3.66. The van der Waals surface area contributed by atoms with E-state index in [4.69, 9.17) is 5.73 Å². The highest BCUT2D eigenvalue weighted by Gasteiger charge is 2.11. The van der Waals surface area contributed by atoms with Gasteiger partial charge >= 0.3 is 0 Å². The molecule has 0 spiro atoms. The highest BCUT2D eigenvalue weighted by Crippen LogP contribution is 2.19. The number of rotatable bonds is 3. The number of nitrogen functional groups attached to an aromatic ring is 1. The molecule has 6 nitrogen and oxygen atoms in total. The number of carbonyl (C=O) groups is 1. The number of aromatic nitrogens is 2. The Labute approximate surface area is 127 Å². The van der Waals surface area contributed by atoms with Gasteiger partial charge in [0.2, 0.25) is 5.91 Å². The lowest BCUT2D eigenvalue weighted by molar-refractivity contribution is -0.116. The van der Waals surface area contributed by atoms with Crippen LogP contribution in [0.15, 0.2) is 33.7 Å². The van der Waals surface area contributed by atoms with Gasteiger partial charge < -0.3 is 11.1 Å². The summed E-state index contributed by atoms with van der Waals surface area (Å²) in [5.74, 6) is -0.625. The van der Waals surface area contributed by atoms with Crippen molar-refractivity contribution in [2.45, 2.75) is 13.5 Å². The normalized spacial score (nSPS) is 10.4. The number of nitrogens with one attached hydrogen (secondary N) is 1. The Kier molecular flexibility index (Phi) is 4.37. The van der Waals surface area contributed by atoms with Gasteiger partial charge in [0.05, 0.1) is 11.4 Å². The Hall–Kier alpha value is -2.22. The van der Waals surface area contributed by atoms with Gasteiger partial charge in [-0.2, -0.15) is 0 Å². The van der Waals surface area contributed by atoms with E-state index in [-0.39, 0.29) is 28.0 Å². The van der Waals surface area contributed by atoms with Crippen LogP contribution in [0, 0.1) is 12.7 Å². The number of hydrogen-bond donors (Lipinski definition) is 2. The van der Waals surface area contributed by atoms with Gasteiger partial charge in [-0.25, -0.2) is 9.37 Å². The van der Waals surface area contributed by atoms with Gasteiger partial charge in [-0.05, 0) is 41.1 Å². The van der Waals surface area contributed by atoms with Crippen molar-refractivity contribution in [3.8, 4) is 0 Å². The lowest BCUT2D eigenvalue weighted by Crippen LogP contribution is -2.30. The van der Waals surface area contributed by atoms with Crippen molar-refractivity contribution in [2.24, 2.45) is 0 Å². The lowest BCUT2D eigenvalue weighted by Gasteiger charge is -2.11. The number of aryl methyl sites for hydroxylation is 1. The van der Waals surface area contributed by atoms with Gasteiger partial charge in [0.25, 0.3) is 5.56 Å². The van der Waals surface area contributed by atoms with Crippen molar-refractivity contribution in [1.82, 2.24) is 9.55 Å². The summed E-state index contributed by atoms with van der Waals surface area (Å²) in [5.41, 5.74) is 5.67. The molecule has 2 rings (SSSR count). The van der Waals surface area contributed by atoms with Crippen molar-refractivity contribution in [3.05, 3.63) is 50.9 Å². The first-order valence-corrected chi connectivity index (χ1v) is 6.74. The first-order valence-electron chi connectivity index (χ1n) is 5.95. The second kappa shape index (κ2) is 6.04. The Morgan fingerprint density at radius 1 is 1.52 bits per heavy atom. The van der Waals surface area contributed by atoms with E-state index in [1.807, 2.05) is 0 Å². The third-order valence-electron chi connectivity index (χ3n) is 2.80. The van der Waals surface area contributed by atoms with E-state index < -0.39 is 11.7 Å². The molecule has 0 aliphatic carbocycles.